The Morgan fingerprint density at radius 2 is 2.05 bits per heavy atom. The van der Waals surface area contributed by atoms with Crippen molar-refractivity contribution in [2.75, 3.05) is 26.2 Å². The van der Waals surface area contributed by atoms with Gasteiger partial charge in [0.1, 0.15) is 11.8 Å². The summed E-state index contributed by atoms with van der Waals surface area (Å²) in [6.07, 6.45) is 2.65. The number of nitrogens with zero attached hydrogens (tertiary/aromatic N) is 2. The fourth-order valence-corrected chi connectivity index (χ4v) is 4.15. The van der Waals surface area contributed by atoms with Gasteiger partial charge in [0.25, 0.3) is 0 Å². The second-order valence-electron chi connectivity index (χ2n) is 7.00. The first-order chi connectivity index (χ1) is 10.7. The Bertz CT molecular complexity index is 738. The fraction of sp³-hybridized carbons (Fsp3) is 0.500. The summed E-state index contributed by atoms with van der Waals surface area (Å²) in [6, 6.07) is 8.48. The molecule has 22 heavy (non-hydrogen) atoms. The van der Waals surface area contributed by atoms with Crippen molar-refractivity contribution in [1.82, 2.24) is 15.2 Å². The van der Waals surface area contributed by atoms with Crippen LogP contribution in [0.2, 0.25) is 0 Å². The van der Waals surface area contributed by atoms with Gasteiger partial charge >= 0.3 is 0 Å². The van der Waals surface area contributed by atoms with Crippen molar-refractivity contribution in [3.8, 4) is 6.07 Å². The van der Waals surface area contributed by atoms with E-state index in [4.69, 9.17) is 5.26 Å². The number of aromatic amines is 1. The number of hydrogen-bond acceptors (Lipinski definition) is 3. The molecular formula is C18H22N4. The maximum atomic E-state index is 9.04. The van der Waals surface area contributed by atoms with Crippen LogP contribution in [0.5, 0.6) is 0 Å². The molecule has 4 rings (SSSR count). The maximum absolute atomic E-state index is 9.04. The second kappa shape index (κ2) is 5.12. The first kappa shape index (κ1) is 13.8. The molecule has 2 aliphatic rings. The van der Waals surface area contributed by atoms with Crippen LogP contribution in [0, 0.1) is 23.7 Å². The molecule has 0 aliphatic carbocycles. The first-order valence-corrected chi connectivity index (χ1v) is 8.14. The van der Waals surface area contributed by atoms with Gasteiger partial charge < -0.3 is 10.3 Å². The average Bonchev–Trinajstić information content (AvgIpc) is 2.93. The van der Waals surface area contributed by atoms with Gasteiger partial charge in [-0.15, -0.1) is 0 Å². The van der Waals surface area contributed by atoms with E-state index in [9.17, 15) is 0 Å². The molecule has 2 aliphatic heterocycles. The molecule has 1 spiro atoms. The summed E-state index contributed by atoms with van der Waals surface area (Å²) >= 11 is 0. The van der Waals surface area contributed by atoms with Crippen LogP contribution in [0.1, 0.15) is 29.7 Å². The zero-order valence-electron chi connectivity index (χ0n) is 13.1. The fourth-order valence-electron chi connectivity index (χ4n) is 4.15. The normalized spacial score (nSPS) is 20.9. The summed E-state index contributed by atoms with van der Waals surface area (Å²) in [4.78, 5) is 5.73. The van der Waals surface area contributed by atoms with Crippen LogP contribution in [0.25, 0.3) is 10.9 Å². The number of benzene rings is 1. The Balaban J connectivity index is 1.51. The van der Waals surface area contributed by atoms with Crippen molar-refractivity contribution in [3.63, 3.8) is 0 Å². The van der Waals surface area contributed by atoms with Crippen LogP contribution in [0.3, 0.4) is 0 Å². The van der Waals surface area contributed by atoms with Gasteiger partial charge in [-0.25, -0.2) is 0 Å². The lowest BCUT2D eigenvalue weighted by molar-refractivity contribution is -0.0283. The minimum absolute atomic E-state index is 0.589. The number of aromatic nitrogens is 1. The van der Waals surface area contributed by atoms with Gasteiger partial charge in [0, 0.05) is 30.5 Å². The van der Waals surface area contributed by atoms with Crippen LogP contribution in [-0.4, -0.2) is 36.1 Å². The van der Waals surface area contributed by atoms with Crippen LogP contribution in [-0.2, 0) is 6.54 Å². The minimum atomic E-state index is 0.589. The van der Waals surface area contributed by atoms with Gasteiger partial charge in [0.05, 0.1) is 0 Å². The predicted octanol–water partition coefficient (Wildman–Crippen LogP) is 2.53. The number of aryl methyl sites for hydroxylation is 1. The van der Waals surface area contributed by atoms with E-state index in [0.29, 0.717) is 11.1 Å². The molecule has 0 saturated carbocycles. The standard InChI is InChI=1S/C18H22N4/c1-13-14(2-3-17-16(13)8-15(9-19)21-17)10-22-11-18(12-22)4-6-20-7-5-18/h2-3,8,20-21H,4-7,10-12H2,1H3. The SMILES string of the molecule is Cc1c(CN2CC3(CCNCC3)C2)ccc2[nH]c(C#N)cc12. The molecule has 1 aromatic carbocycles. The largest absolute Gasteiger partial charge is 0.346 e. The van der Waals surface area contributed by atoms with Crippen molar-refractivity contribution in [2.24, 2.45) is 5.41 Å². The van der Waals surface area contributed by atoms with Gasteiger partial charge in [-0.2, -0.15) is 5.26 Å². The highest BCUT2D eigenvalue weighted by Gasteiger charge is 2.43. The van der Waals surface area contributed by atoms with E-state index in [1.807, 2.05) is 6.07 Å². The van der Waals surface area contributed by atoms with E-state index in [-0.39, 0.29) is 0 Å². The van der Waals surface area contributed by atoms with E-state index in [2.05, 4.69) is 40.3 Å². The smallest absolute Gasteiger partial charge is 0.118 e. The van der Waals surface area contributed by atoms with Gasteiger partial charge in [0.2, 0.25) is 0 Å². The third-order valence-electron chi connectivity index (χ3n) is 5.48. The lowest BCUT2D eigenvalue weighted by Gasteiger charge is -2.52. The number of fused-ring (bicyclic) bond motifs is 1. The number of hydrogen-bond donors (Lipinski definition) is 2. The van der Waals surface area contributed by atoms with Crippen LogP contribution in [0.4, 0.5) is 0 Å². The molecule has 4 heteroatoms. The molecule has 2 N–H and O–H groups in total. The summed E-state index contributed by atoms with van der Waals surface area (Å²) in [5.74, 6) is 0. The van der Waals surface area contributed by atoms with Crippen molar-refractivity contribution in [1.29, 1.82) is 5.26 Å². The molecule has 114 valence electrons. The molecule has 0 unspecified atom stereocenters. The Kier molecular flexibility index (Phi) is 3.21. The summed E-state index contributed by atoms with van der Waals surface area (Å²) in [7, 11) is 0. The highest BCUT2D eigenvalue weighted by atomic mass is 15.2. The van der Waals surface area contributed by atoms with Crippen molar-refractivity contribution in [2.45, 2.75) is 26.3 Å². The number of nitrogens with one attached hydrogen (secondary N) is 2. The lowest BCUT2D eigenvalue weighted by atomic mass is 9.72. The maximum Gasteiger partial charge on any atom is 0.118 e. The molecule has 0 bridgehead atoms. The van der Waals surface area contributed by atoms with E-state index in [1.165, 1.54) is 55.5 Å². The van der Waals surface area contributed by atoms with E-state index < -0.39 is 0 Å². The number of nitriles is 1. The lowest BCUT2D eigenvalue weighted by Crippen LogP contribution is -2.59. The number of piperidine rings is 1. The van der Waals surface area contributed by atoms with E-state index >= 15 is 0 Å². The zero-order chi connectivity index (χ0) is 15.2. The molecule has 2 saturated heterocycles. The summed E-state index contributed by atoms with van der Waals surface area (Å²) < 4.78 is 0. The molecule has 1 aromatic heterocycles. The molecule has 0 amide bonds. The number of H-pyrrole nitrogens is 1. The molecular weight excluding hydrogens is 272 g/mol. The van der Waals surface area contributed by atoms with Crippen molar-refractivity contribution >= 4 is 10.9 Å². The predicted molar refractivity (Wildman–Crippen MR) is 87.6 cm³/mol. The number of rotatable bonds is 2. The number of likely N-dealkylation sites (tertiary alicyclic amines) is 1. The molecule has 4 nitrogen and oxygen atoms in total. The third-order valence-corrected chi connectivity index (χ3v) is 5.48. The van der Waals surface area contributed by atoms with Crippen molar-refractivity contribution < 1.29 is 0 Å². The summed E-state index contributed by atoms with van der Waals surface area (Å²) in [5.41, 5.74) is 5.00. The quantitative estimate of drug-likeness (QED) is 0.895. The zero-order valence-corrected chi connectivity index (χ0v) is 13.1. The molecule has 2 fully saturated rings. The van der Waals surface area contributed by atoms with Gasteiger partial charge in [0.15, 0.2) is 0 Å². The topological polar surface area (TPSA) is 54.8 Å². The van der Waals surface area contributed by atoms with Gasteiger partial charge in [-0.05, 0) is 61.5 Å². The van der Waals surface area contributed by atoms with Crippen LogP contribution >= 0.6 is 0 Å². The van der Waals surface area contributed by atoms with Crippen molar-refractivity contribution in [3.05, 3.63) is 35.0 Å². The Morgan fingerprint density at radius 1 is 1.27 bits per heavy atom. The highest BCUT2D eigenvalue weighted by Crippen LogP contribution is 2.39. The minimum Gasteiger partial charge on any atom is -0.346 e. The second-order valence-corrected chi connectivity index (χ2v) is 7.00. The first-order valence-electron chi connectivity index (χ1n) is 8.14. The average molecular weight is 294 g/mol. The highest BCUT2D eigenvalue weighted by molar-refractivity contribution is 5.85. The van der Waals surface area contributed by atoms with Crippen LogP contribution in [0.15, 0.2) is 18.2 Å². The molecule has 2 aromatic rings. The molecule has 0 atom stereocenters. The van der Waals surface area contributed by atoms with E-state index in [1.54, 1.807) is 0 Å². The van der Waals surface area contributed by atoms with Gasteiger partial charge in [-0.1, -0.05) is 6.07 Å². The summed E-state index contributed by atoms with van der Waals surface area (Å²) in [6.45, 7) is 8.04. The summed E-state index contributed by atoms with van der Waals surface area (Å²) in [5, 5.41) is 13.7. The van der Waals surface area contributed by atoms with Gasteiger partial charge in [-0.3, -0.25) is 4.90 Å². The monoisotopic (exact) mass is 294 g/mol. The molecule has 0 radical (unpaired) electrons. The Morgan fingerprint density at radius 3 is 2.77 bits per heavy atom. The Labute approximate surface area is 131 Å². The van der Waals surface area contributed by atoms with E-state index in [0.717, 1.165) is 12.1 Å². The third kappa shape index (κ3) is 2.22. The van der Waals surface area contributed by atoms with Crippen LogP contribution < -0.4 is 5.32 Å². The Hall–Kier alpha value is -1.83. The molecule has 3 heterocycles.